The zero-order chi connectivity index (χ0) is 15.2. The molecule has 1 aliphatic heterocycles. The van der Waals surface area contributed by atoms with Crippen molar-refractivity contribution in [2.45, 2.75) is 33.1 Å². The van der Waals surface area contributed by atoms with Crippen LogP contribution in [0.2, 0.25) is 0 Å². The van der Waals surface area contributed by atoms with E-state index in [0.717, 1.165) is 38.2 Å². The number of rotatable bonds is 5. The first-order valence-electron chi connectivity index (χ1n) is 7.91. The summed E-state index contributed by atoms with van der Waals surface area (Å²) >= 11 is 0. The van der Waals surface area contributed by atoms with E-state index in [-0.39, 0.29) is 11.7 Å². The van der Waals surface area contributed by atoms with Crippen molar-refractivity contribution in [3.05, 3.63) is 29.3 Å². The average Bonchev–Trinajstić information content (AvgIpc) is 2.47. The number of phenols is 1. The molecule has 0 spiro atoms. The summed E-state index contributed by atoms with van der Waals surface area (Å²) in [6.07, 6.45) is 3.27. The van der Waals surface area contributed by atoms with Crippen LogP contribution in [0.4, 0.5) is 0 Å². The molecule has 0 saturated carbocycles. The Bertz CT molecular complexity index is 482. The number of amides is 1. The van der Waals surface area contributed by atoms with E-state index in [1.54, 1.807) is 12.1 Å². The highest BCUT2D eigenvalue weighted by Crippen LogP contribution is 2.22. The van der Waals surface area contributed by atoms with Crippen LogP contribution >= 0.6 is 0 Å². The van der Waals surface area contributed by atoms with Gasteiger partial charge in [-0.15, -0.1) is 0 Å². The van der Waals surface area contributed by atoms with Crippen molar-refractivity contribution in [2.24, 2.45) is 5.92 Å². The van der Waals surface area contributed by atoms with Crippen LogP contribution in [-0.2, 0) is 0 Å². The van der Waals surface area contributed by atoms with Gasteiger partial charge in [-0.05, 0) is 62.9 Å². The summed E-state index contributed by atoms with van der Waals surface area (Å²) in [6.45, 7) is 7.56. The van der Waals surface area contributed by atoms with Crippen LogP contribution in [0.1, 0.15) is 42.1 Å². The second-order valence-corrected chi connectivity index (χ2v) is 5.98. The maximum atomic E-state index is 12.7. The van der Waals surface area contributed by atoms with E-state index in [0.29, 0.717) is 11.5 Å². The second kappa shape index (κ2) is 7.46. The Labute approximate surface area is 127 Å². The van der Waals surface area contributed by atoms with Crippen LogP contribution < -0.4 is 5.32 Å². The average molecular weight is 290 g/mol. The predicted octanol–water partition coefficient (Wildman–Crippen LogP) is 2.55. The van der Waals surface area contributed by atoms with Gasteiger partial charge in [0.15, 0.2) is 0 Å². The Morgan fingerprint density at radius 3 is 2.90 bits per heavy atom. The molecular weight excluding hydrogens is 264 g/mol. The van der Waals surface area contributed by atoms with Gasteiger partial charge < -0.3 is 15.3 Å². The van der Waals surface area contributed by atoms with Crippen molar-refractivity contribution >= 4 is 5.91 Å². The minimum atomic E-state index is -0.0556. The number of aromatic hydroxyl groups is 1. The topological polar surface area (TPSA) is 52.6 Å². The summed E-state index contributed by atoms with van der Waals surface area (Å²) in [5.41, 5.74) is 1.38. The van der Waals surface area contributed by atoms with Gasteiger partial charge in [-0.25, -0.2) is 0 Å². The largest absolute Gasteiger partial charge is 0.507 e. The molecule has 21 heavy (non-hydrogen) atoms. The number of carbonyl (C=O) groups excluding carboxylic acids is 1. The first kappa shape index (κ1) is 15.8. The molecule has 2 rings (SSSR count). The fraction of sp³-hybridized carbons (Fsp3) is 0.588. The molecule has 0 aromatic heterocycles. The standard InChI is InChI=1S/C17H26N2O2/c1-3-9-19(12-14-5-4-8-18-11-14)17(21)15-7-6-13(2)10-16(15)20/h6-7,10,14,18,20H,3-5,8-9,11-12H2,1-2H3. The Morgan fingerprint density at radius 2 is 2.29 bits per heavy atom. The molecule has 1 saturated heterocycles. The fourth-order valence-electron chi connectivity index (χ4n) is 2.93. The molecule has 1 heterocycles. The van der Waals surface area contributed by atoms with Crippen molar-refractivity contribution in [3.8, 4) is 5.75 Å². The van der Waals surface area contributed by atoms with Gasteiger partial charge in [0.1, 0.15) is 5.75 Å². The fourth-order valence-corrected chi connectivity index (χ4v) is 2.93. The molecule has 4 nitrogen and oxygen atoms in total. The molecule has 1 fully saturated rings. The zero-order valence-electron chi connectivity index (χ0n) is 13.1. The van der Waals surface area contributed by atoms with E-state index in [4.69, 9.17) is 0 Å². The smallest absolute Gasteiger partial charge is 0.257 e. The Hall–Kier alpha value is -1.55. The molecule has 0 bridgehead atoms. The number of piperidine rings is 1. The normalized spacial score (nSPS) is 18.5. The molecule has 1 aromatic carbocycles. The maximum absolute atomic E-state index is 12.7. The van der Waals surface area contributed by atoms with Crippen LogP contribution in [0.3, 0.4) is 0 Å². The number of aryl methyl sites for hydroxylation is 1. The second-order valence-electron chi connectivity index (χ2n) is 5.98. The van der Waals surface area contributed by atoms with Crippen LogP contribution in [0.15, 0.2) is 18.2 Å². The van der Waals surface area contributed by atoms with E-state index in [1.165, 1.54) is 12.8 Å². The summed E-state index contributed by atoms with van der Waals surface area (Å²) in [7, 11) is 0. The Morgan fingerprint density at radius 1 is 1.48 bits per heavy atom. The third-order valence-corrected chi connectivity index (χ3v) is 4.04. The van der Waals surface area contributed by atoms with Crippen molar-refractivity contribution < 1.29 is 9.90 Å². The third-order valence-electron chi connectivity index (χ3n) is 4.04. The Balaban J connectivity index is 2.10. The zero-order valence-corrected chi connectivity index (χ0v) is 13.1. The molecule has 0 aliphatic carbocycles. The lowest BCUT2D eigenvalue weighted by atomic mass is 9.98. The molecule has 1 amide bonds. The number of nitrogens with one attached hydrogen (secondary N) is 1. The minimum Gasteiger partial charge on any atom is -0.507 e. The summed E-state index contributed by atoms with van der Waals surface area (Å²) in [5, 5.41) is 13.4. The van der Waals surface area contributed by atoms with E-state index in [2.05, 4.69) is 12.2 Å². The molecular formula is C17H26N2O2. The molecule has 0 radical (unpaired) electrons. The van der Waals surface area contributed by atoms with Crippen molar-refractivity contribution in [1.82, 2.24) is 10.2 Å². The van der Waals surface area contributed by atoms with Crippen LogP contribution in [-0.4, -0.2) is 42.1 Å². The van der Waals surface area contributed by atoms with Crippen LogP contribution in [0.5, 0.6) is 5.75 Å². The summed E-state index contributed by atoms with van der Waals surface area (Å²) in [6, 6.07) is 5.26. The minimum absolute atomic E-state index is 0.0556. The highest BCUT2D eigenvalue weighted by atomic mass is 16.3. The van der Waals surface area contributed by atoms with E-state index in [9.17, 15) is 9.90 Å². The summed E-state index contributed by atoms with van der Waals surface area (Å²) in [4.78, 5) is 14.6. The number of carbonyl (C=O) groups is 1. The molecule has 2 N–H and O–H groups in total. The number of hydrogen-bond donors (Lipinski definition) is 2. The highest BCUT2D eigenvalue weighted by Gasteiger charge is 2.22. The maximum Gasteiger partial charge on any atom is 0.257 e. The van der Waals surface area contributed by atoms with Gasteiger partial charge in [-0.3, -0.25) is 4.79 Å². The molecule has 1 unspecified atom stereocenters. The monoisotopic (exact) mass is 290 g/mol. The summed E-state index contributed by atoms with van der Waals surface area (Å²) < 4.78 is 0. The molecule has 1 aromatic rings. The molecule has 116 valence electrons. The lowest BCUT2D eigenvalue weighted by Crippen LogP contribution is -2.41. The number of benzene rings is 1. The third kappa shape index (κ3) is 4.21. The van der Waals surface area contributed by atoms with Gasteiger partial charge in [0.25, 0.3) is 5.91 Å². The van der Waals surface area contributed by atoms with E-state index >= 15 is 0 Å². The van der Waals surface area contributed by atoms with Gasteiger partial charge in [0, 0.05) is 13.1 Å². The van der Waals surface area contributed by atoms with Gasteiger partial charge in [0.05, 0.1) is 5.56 Å². The van der Waals surface area contributed by atoms with Gasteiger partial charge in [0.2, 0.25) is 0 Å². The van der Waals surface area contributed by atoms with Gasteiger partial charge >= 0.3 is 0 Å². The predicted molar refractivity (Wildman–Crippen MR) is 84.6 cm³/mol. The van der Waals surface area contributed by atoms with Crippen LogP contribution in [0.25, 0.3) is 0 Å². The lowest BCUT2D eigenvalue weighted by molar-refractivity contribution is 0.0716. The van der Waals surface area contributed by atoms with Crippen molar-refractivity contribution in [1.29, 1.82) is 0 Å². The number of hydrogen-bond acceptors (Lipinski definition) is 3. The highest BCUT2D eigenvalue weighted by molar-refractivity contribution is 5.96. The first-order chi connectivity index (χ1) is 10.1. The quantitative estimate of drug-likeness (QED) is 0.876. The summed E-state index contributed by atoms with van der Waals surface area (Å²) in [5.74, 6) is 0.546. The number of phenolic OH excluding ortho intramolecular Hbond substituents is 1. The Kier molecular flexibility index (Phi) is 5.62. The van der Waals surface area contributed by atoms with E-state index < -0.39 is 0 Å². The lowest BCUT2D eigenvalue weighted by Gasteiger charge is -2.30. The molecule has 1 atom stereocenters. The van der Waals surface area contributed by atoms with Gasteiger partial charge in [-0.1, -0.05) is 13.0 Å². The SMILES string of the molecule is CCCN(CC1CCCNC1)C(=O)c1ccc(C)cc1O. The van der Waals surface area contributed by atoms with Crippen molar-refractivity contribution in [2.75, 3.05) is 26.2 Å². The first-order valence-corrected chi connectivity index (χ1v) is 7.91. The van der Waals surface area contributed by atoms with E-state index in [1.807, 2.05) is 17.9 Å². The van der Waals surface area contributed by atoms with Gasteiger partial charge in [-0.2, -0.15) is 0 Å². The van der Waals surface area contributed by atoms with Crippen LogP contribution in [0, 0.1) is 12.8 Å². The molecule has 1 aliphatic rings. The number of nitrogens with zero attached hydrogens (tertiary/aromatic N) is 1. The van der Waals surface area contributed by atoms with Crippen molar-refractivity contribution in [3.63, 3.8) is 0 Å². The molecule has 4 heteroatoms.